The Hall–Kier alpha value is -1.76. The van der Waals surface area contributed by atoms with E-state index < -0.39 is 0 Å². The molecule has 1 heteroatoms. The molecule has 1 nitrogen and oxygen atoms in total. The van der Waals surface area contributed by atoms with Crippen LogP contribution in [0.25, 0.3) is 11.1 Å². The second-order valence-electron chi connectivity index (χ2n) is 7.62. The summed E-state index contributed by atoms with van der Waals surface area (Å²) in [5.41, 5.74) is 12.8. The summed E-state index contributed by atoms with van der Waals surface area (Å²) in [6.45, 7) is 9.49. The number of anilines is 1. The second-order valence-corrected chi connectivity index (χ2v) is 7.62. The first kappa shape index (κ1) is 14.2. The minimum atomic E-state index is 0.225. The Balaban J connectivity index is 2.26. The van der Waals surface area contributed by atoms with Gasteiger partial charge in [-0.15, -0.1) is 0 Å². The smallest absolute Gasteiger partial charge is 0.0314 e. The van der Waals surface area contributed by atoms with Crippen molar-refractivity contribution in [3.05, 3.63) is 53.6 Å². The lowest BCUT2D eigenvalue weighted by Crippen LogP contribution is -2.34. The molecule has 0 spiro atoms. The average molecular weight is 279 g/mol. The van der Waals surface area contributed by atoms with E-state index in [1.807, 2.05) is 12.1 Å². The van der Waals surface area contributed by atoms with Crippen LogP contribution in [-0.4, -0.2) is 0 Å². The summed E-state index contributed by atoms with van der Waals surface area (Å²) in [6.07, 6.45) is 2.48. The molecule has 0 saturated carbocycles. The van der Waals surface area contributed by atoms with E-state index in [0.717, 1.165) is 5.69 Å². The highest BCUT2D eigenvalue weighted by molar-refractivity contribution is 5.72. The molecule has 0 atom stereocenters. The van der Waals surface area contributed by atoms with Crippen molar-refractivity contribution in [2.24, 2.45) is 0 Å². The van der Waals surface area contributed by atoms with E-state index in [9.17, 15) is 0 Å². The lowest BCUT2D eigenvalue weighted by molar-refractivity contribution is 0.333. The maximum Gasteiger partial charge on any atom is 0.0314 e. The van der Waals surface area contributed by atoms with E-state index >= 15 is 0 Å². The predicted molar refractivity (Wildman–Crippen MR) is 91.6 cm³/mol. The van der Waals surface area contributed by atoms with Gasteiger partial charge in [0.2, 0.25) is 0 Å². The molecule has 0 heterocycles. The topological polar surface area (TPSA) is 26.0 Å². The van der Waals surface area contributed by atoms with Crippen molar-refractivity contribution in [3.63, 3.8) is 0 Å². The molecule has 0 amide bonds. The van der Waals surface area contributed by atoms with Crippen molar-refractivity contribution in [1.29, 1.82) is 0 Å². The van der Waals surface area contributed by atoms with Gasteiger partial charge in [0.1, 0.15) is 0 Å². The van der Waals surface area contributed by atoms with Crippen molar-refractivity contribution in [3.8, 4) is 11.1 Å². The van der Waals surface area contributed by atoms with E-state index in [1.165, 1.54) is 35.1 Å². The van der Waals surface area contributed by atoms with Crippen LogP contribution >= 0.6 is 0 Å². The van der Waals surface area contributed by atoms with E-state index in [1.54, 1.807) is 0 Å². The van der Waals surface area contributed by atoms with Crippen LogP contribution in [-0.2, 0) is 10.8 Å². The van der Waals surface area contributed by atoms with Crippen LogP contribution in [0.2, 0.25) is 0 Å². The Labute approximate surface area is 128 Å². The third kappa shape index (κ3) is 2.35. The van der Waals surface area contributed by atoms with Gasteiger partial charge in [0, 0.05) is 5.69 Å². The molecule has 0 fully saturated rings. The number of hydrogen-bond acceptors (Lipinski definition) is 1. The van der Waals surface area contributed by atoms with Gasteiger partial charge >= 0.3 is 0 Å². The number of hydrogen-bond donors (Lipinski definition) is 1. The number of fused-ring (bicyclic) bond motifs is 1. The molecule has 3 rings (SSSR count). The van der Waals surface area contributed by atoms with E-state index in [-0.39, 0.29) is 10.8 Å². The lowest BCUT2D eigenvalue weighted by atomic mass is 9.61. The Morgan fingerprint density at radius 3 is 2.10 bits per heavy atom. The van der Waals surface area contributed by atoms with Gasteiger partial charge in [0.05, 0.1) is 0 Å². The normalized spacial score (nSPS) is 19.0. The zero-order chi connectivity index (χ0) is 15.3. The Bertz CT molecular complexity index is 663. The summed E-state index contributed by atoms with van der Waals surface area (Å²) in [6, 6.07) is 15.1. The van der Waals surface area contributed by atoms with Gasteiger partial charge in [0.15, 0.2) is 0 Å². The Morgan fingerprint density at radius 1 is 0.810 bits per heavy atom. The molecule has 110 valence electrons. The average Bonchev–Trinajstić information content (AvgIpc) is 2.44. The third-order valence-electron chi connectivity index (χ3n) is 5.07. The fourth-order valence-corrected chi connectivity index (χ4v) is 3.63. The van der Waals surface area contributed by atoms with Crippen LogP contribution in [0.15, 0.2) is 42.5 Å². The minimum Gasteiger partial charge on any atom is -0.399 e. The van der Waals surface area contributed by atoms with Gasteiger partial charge in [0.25, 0.3) is 0 Å². The summed E-state index contributed by atoms with van der Waals surface area (Å²) in [7, 11) is 0. The molecule has 2 aromatic rings. The highest BCUT2D eigenvalue weighted by Crippen LogP contribution is 2.49. The molecule has 0 radical (unpaired) electrons. The monoisotopic (exact) mass is 279 g/mol. The van der Waals surface area contributed by atoms with Crippen molar-refractivity contribution in [2.75, 3.05) is 5.73 Å². The first-order valence-electron chi connectivity index (χ1n) is 7.81. The maximum atomic E-state index is 5.84. The van der Waals surface area contributed by atoms with Gasteiger partial charge < -0.3 is 5.73 Å². The number of rotatable bonds is 1. The van der Waals surface area contributed by atoms with Crippen molar-refractivity contribution >= 4 is 5.69 Å². The van der Waals surface area contributed by atoms with E-state index in [4.69, 9.17) is 5.73 Å². The molecular weight excluding hydrogens is 254 g/mol. The number of nitrogen functional groups attached to an aromatic ring is 1. The molecular formula is C20H25N. The largest absolute Gasteiger partial charge is 0.399 e. The van der Waals surface area contributed by atoms with Gasteiger partial charge in [-0.05, 0) is 58.1 Å². The molecule has 0 unspecified atom stereocenters. The Kier molecular flexibility index (Phi) is 3.12. The quantitative estimate of drug-likeness (QED) is 0.706. The molecule has 0 saturated heterocycles. The summed E-state index contributed by atoms with van der Waals surface area (Å²) in [5, 5.41) is 0. The van der Waals surface area contributed by atoms with Crippen LogP contribution in [0.1, 0.15) is 51.7 Å². The van der Waals surface area contributed by atoms with Crippen LogP contribution < -0.4 is 5.73 Å². The zero-order valence-corrected chi connectivity index (χ0v) is 13.5. The molecule has 21 heavy (non-hydrogen) atoms. The fraction of sp³-hybridized carbons (Fsp3) is 0.400. The van der Waals surface area contributed by atoms with Gasteiger partial charge in [-0.1, -0.05) is 58.0 Å². The summed E-state index contributed by atoms with van der Waals surface area (Å²) in [4.78, 5) is 0. The van der Waals surface area contributed by atoms with Gasteiger partial charge in [-0.2, -0.15) is 0 Å². The lowest BCUT2D eigenvalue weighted by Gasteiger charge is -2.43. The minimum absolute atomic E-state index is 0.225. The molecule has 1 aliphatic rings. The summed E-state index contributed by atoms with van der Waals surface area (Å²) >= 11 is 0. The SMILES string of the molecule is CC1(C)CCC(C)(C)c2c(-c3ccc(N)cc3)cccc21. The maximum absolute atomic E-state index is 5.84. The molecule has 0 bridgehead atoms. The first-order chi connectivity index (χ1) is 9.81. The zero-order valence-electron chi connectivity index (χ0n) is 13.5. The van der Waals surface area contributed by atoms with Gasteiger partial charge in [-0.25, -0.2) is 0 Å². The molecule has 1 aliphatic carbocycles. The third-order valence-corrected chi connectivity index (χ3v) is 5.07. The molecule has 2 N–H and O–H groups in total. The first-order valence-corrected chi connectivity index (χ1v) is 7.81. The highest BCUT2D eigenvalue weighted by Gasteiger charge is 2.38. The standard InChI is InChI=1S/C20H25N/c1-19(2)12-13-20(3,4)18-16(6-5-7-17(18)19)14-8-10-15(21)11-9-14/h5-11H,12-13,21H2,1-4H3. The van der Waals surface area contributed by atoms with Crippen molar-refractivity contribution in [2.45, 2.75) is 51.4 Å². The number of benzene rings is 2. The summed E-state index contributed by atoms with van der Waals surface area (Å²) in [5.74, 6) is 0. The molecule has 0 aliphatic heterocycles. The predicted octanol–water partition coefficient (Wildman–Crippen LogP) is 5.28. The van der Waals surface area contributed by atoms with E-state index in [0.29, 0.717) is 0 Å². The van der Waals surface area contributed by atoms with Crippen LogP contribution in [0.5, 0.6) is 0 Å². The molecule has 2 aromatic carbocycles. The van der Waals surface area contributed by atoms with Crippen molar-refractivity contribution in [1.82, 2.24) is 0 Å². The Morgan fingerprint density at radius 2 is 1.43 bits per heavy atom. The number of nitrogens with two attached hydrogens (primary N) is 1. The van der Waals surface area contributed by atoms with Gasteiger partial charge in [-0.3, -0.25) is 0 Å². The second kappa shape index (κ2) is 4.62. The highest BCUT2D eigenvalue weighted by atomic mass is 14.5. The van der Waals surface area contributed by atoms with Crippen molar-refractivity contribution < 1.29 is 0 Å². The van der Waals surface area contributed by atoms with Crippen LogP contribution in [0.3, 0.4) is 0 Å². The van der Waals surface area contributed by atoms with Crippen LogP contribution in [0, 0.1) is 0 Å². The van der Waals surface area contributed by atoms with E-state index in [2.05, 4.69) is 58.0 Å². The summed E-state index contributed by atoms with van der Waals surface area (Å²) < 4.78 is 0. The van der Waals surface area contributed by atoms with Crippen LogP contribution in [0.4, 0.5) is 5.69 Å². The molecule has 0 aromatic heterocycles. The fourth-order valence-electron chi connectivity index (χ4n) is 3.63.